The molecule has 0 aliphatic carbocycles. The van der Waals surface area contributed by atoms with Gasteiger partial charge in [0, 0.05) is 17.4 Å². The third-order valence-electron chi connectivity index (χ3n) is 2.60. The van der Waals surface area contributed by atoms with Crippen LogP contribution in [0.4, 0.5) is 10.1 Å². The van der Waals surface area contributed by atoms with E-state index in [0.29, 0.717) is 0 Å². The number of nitrogens with zero attached hydrogens (tertiary/aromatic N) is 2. The summed E-state index contributed by atoms with van der Waals surface area (Å²) in [6, 6.07) is 7.95. The highest BCUT2D eigenvalue weighted by Gasteiger charge is 2.19. The molecule has 0 aliphatic rings. The van der Waals surface area contributed by atoms with E-state index in [-0.39, 0.29) is 21.8 Å². The van der Waals surface area contributed by atoms with Crippen LogP contribution < -0.4 is 5.73 Å². The van der Waals surface area contributed by atoms with Crippen LogP contribution in [0.15, 0.2) is 41.4 Å². The second-order valence-corrected chi connectivity index (χ2v) is 6.09. The monoisotopic (exact) mass is 291 g/mol. The fourth-order valence-electron chi connectivity index (χ4n) is 1.71. The first kappa shape index (κ1) is 14.0. The van der Waals surface area contributed by atoms with E-state index in [2.05, 4.69) is 4.98 Å². The van der Waals surface area contributed by atoms with Crippen LogP contribution in [0, 0.1) is 17.1 Å². The van der Waals surface area contributed by atoms with Crippen molar-refractivity contribution in [2.24, 2.45) is 0 Å². The summed E-state index contributed by atoms with van der Waals surface area (Å²) in [4.78, 5) is 3.57. The van der Waals surface area contributed by atoms with Crippen molar-refractivity contribution < 1.29 is 12.8 Å². The maximum atomic E-state index is 13.2. The minimum Gasteiger partial charge on any atom is -0.399 e. The van der Waals surface area contributed by atoms with Gasteiger partial charge in [-0.3, -0.25) is 0 Å². The Labute approximate surface area is 115 Å². The maximum absolute atomic E-state index is 13.2. The molecule has 5 nitrogen and oxygen atoms in total. The van der Waals surface area contributed by atoms with Gasteiger partial charge in [-0.15, -0.1) is 0 Å². The van der Waals surface area contributed by atoms with Crippen LogP contribution in [0.1, 0.15) is 11.3 Å². The van der Waals surface area contributed by atoms with Crippen LogP contribution in [0.5, 0.6) is 0 Å². The topological polar surface area (TPSA) is 96.8 Å². The molecule has 0 spiro atoms. The molecule has 0 radical (unpaired) electrons. The van der Waals surface area contributed by atoms with Gasteiger partial charge in [0.1, 0.15) is 17.6 Å². The van der Waals surface area contributed by atoms with Crippen molar-refractivity contribution in [3.05, 3.63) is 53.6 Å². The van der Waals surface area contributed by atoms with E-state index in [1.54, 1.807) is 0 Å². The number of hydrogen-bond acceptors (Lipinski definition) is 5. The molecule has 7 heteroatoms. The Morgan fingerprint density at radius 1 is 1.35 bits per heavy atom. The highest BCUT2D eigenvalue weighted by atomic mass is 32.2. The molecule has 102 valence electrons. The minimum absolute atomic E-state index is 0.0234. The number of pyridine rings is 1. The molecule has 0 bridgehead atoms. The lowest BCUT2D eigenvalue weighted by Crippen LogP contribution is -2.08. The molecule has 1 aromatic carbocycles. The van der Waals surface area contributed by atoms with Gasteiger partial charge in [0.15, 0.2) is 9.84 Å². The first-order valence-corrected chi connectivity index (χ1v) is 7.20. The first-order chi connectivity index (χ1) is 9.42. The Morgan fingerprint density at radius 3 is 2.75 bits per heavy atom. The molecule has 1 heterocycles. The number of rotatable bonds is 3. The third-order valence-corrected chi connectivity index (χ3v) is 4.24. The van der Waals surface area contributed by atoms with E-state index in [4.69, 9.17) is 11.0 Å². The summed E-state index contributed by atoms with van der Waals surface area (Å²) in [7, 11) is -3.80. The Morgan fingerprint density at radius 2 is 2.10 bits per heavy atom. The third kappa shape index (κ3) is 2.92. The fourth-order valence-corrected chi connectivity index (χ4v) is 3.12. The zero-order valence-electron chi connectivity index (χ0n) is 10.2. The molecule has 2 aromatic rings. The summed E-state index contributed by atoms with van der Waals surface area (Å²) >= 11 is 0. The number of sulfone groups is 1. The molecule has 0 aliphatic heterocycles. The van der Waals surface area contributed by atoms with Crippen LogP contribution in [0.2, 0.25) is 0 Å². The lowest BCUT2D eigenvalue weighted by atomic mass is 10.2. The Bertz CT molecular complexity index is 777. The predicted octanol–water partition coefficient (Wildman–Crippen LogP) is 1.65. The van der Waals surface area contributed by atoms with Gasteiger partial charge < -0.3 is 5.73 Å². The lowest BCUT2D eigenvalue weighted by Gasteiger charge is -2.07. The van der Waals surface area contributed by atoms with Gasteiger partial charge in [0.25, 0.3) is 0 Å². The summed E-state index contributed by atoms with van der Waals surface area (Å²) in [5.74, 6) is -1.16. The number of hydrogen-bond donors (Lipinski definition) is 1. The highest BCUT2D eigenvalue weighted by Crippen LogP contribution is 2.21. The zero-order valence-corrected chi connectivity index (χ0v) is 11.1. The number of halogens is 1. The van der Waals surface area contributed by atoms with Crippen molar-refractivity contribution >= 4 is 15.5 Å². The van der Waals surface area contributed by atoms with Crippen LogP contribution in [0.25, 0.3) is 0 Å². The van der Waals surface area contributed by atoms with Crippen molar-refractivity contribution in [3.63, 3.8) is 0 Å². The van der Waals surface area contributed by atoms with Gasteiger partial charge in [-0.1, -0.05) is 6.07 Å². The van der Waals surface area contributed by atoms with Gasteiger partial charge in [-0.05, 0) is 24.3 Å². The molecule has 1 aromatic heterocycles. The van der Waals surface area contributed by atoms with Gasteiger partial charge >= 0.3 is 0 Å². The molecule has 0 amide bonds. The molecule has 0 atom stereocenters. The fraction of sp³-hybridized carbons (Fsp3) is 0.0769. The second-order valence-electron chi connectivity index (χ2n) is 4.10. The smallest absolute Gasteiger partial charge is 0.182 e. The number of nitrogen functional groups attached to an aromatic ring is 1. The second kappa shape index (κ2) is 5.27. The minimum atomic E-state index is -3.80. The molecule has 0 unspecified atom stereocenters. The summed E-state index contributed by atoms with van der Waals surface area (Å²) in [5, 5.41) is 8.89. The van der Waals surface area contributed by atoms with Crippen molar-refractivity contribution in [2.75, 3.05) is 5.73 Å². The van der Waals surface area contributed by atoms with Gasteiger partial charge in [-0.25, -0.2) is 17.8 Å². The predicted molar refractivity (Wildman–Crippen MR) is 70.7 cm³/mol. The maximum Gasteiger partial charge on any atom is 0.182 e. The molecule has 20 heavy (non-hydrogen) atoms. The van der Waals surface area contributed by atoms with Gasteiger partial charge in [-0.2, -0.15) is 5.26 Å². The molecular weight excluding hydrogens is 281 g/mol. The van der Waals surface area contributed by atoms with Crippen molar-refractivity contribution in [1.29, 1.82) is 5.26 Å². The Kier molecular flexibility index (Phi) is 3.68. The Hall–Kier alpha value is -2.46. The van der Waals surface area contributed by atoms with Crippen LogP contribution in [-0.2, 0) is 15.6 Å². The number of aromatic nitrogens is 1. The van der Waals surface area contributed by atoms with E-state index in [1.807, 2.05) is 6.07 Å². The molecule has 2 rings (SSSR count). The number of nitriles is 1. The van der Waals surface area contributed by atoms with E-state index >= 15 is 0 Å². The van der Waals surface area contributed by atoms with Crippen LogP contribution in [0.3, 0.4) is 0 Å². The van der Waals surface area contributed by atoms with Gasteiger partial charge in [0.05, 0.1) is 10.6 Å². The number of anilines is 1. The molecular formula is C13H10FN3O2S. The van der Waals surface area contributed by atoms with Crippen molar-refractivity contribution in [2.45, 2.75) is 10.6 Å². The summed E-state index contributed by atoms with van der Waals surface area (Å²) in [6.45, 7) is 0. The molecule has 0 saturated heterocycles. The van der Waals surface area contributed by atoms with Crippen molar-refractivity contribution in [3.8, 4) is 6.07 Å². The summed E-state index contributed by atoms with van der Waals surface area (Å²) in [6.07, 6.45) is 1.40. The van der Waals surface area contributed by atoms with E-state index < -0.39 is 21.4 Å². The van der Waals surface area contributed by atoms with E-state index in [0.717, 1.165) is 12.1 Å². The average Bonchev–Trinajstić information content (AvgIpc) is 2.38. The summed E-state index contributed by atoms with van der Waals surface area (Å²) < 4.78 is 37.7. The van der Waals surface area contributed by atoms with Crippen LogP contribution in [-0.4, -0.2) is 13.4 Å². The largest absolute Gasteiger partial charge is 0.399 e. The average molecular weight is 291 g/mol. The Balaban J connectivity index is 2.44. The van der Waals surface area contributed by atoms with Gasteiger partial charge in [0.2, 0.25) is 0 Å². The highest BCUT2D eigenvalue weighted by molar-refractivity contribution is 7.90. The molecule has 2 N–H and O–H groups in total. The normalized spacial score (nSPS) is 11.0. The molecule has 0 saturated carbocycles. The quantitative estimate of drug-likeness (QED) is 0.867. The lowest BCUT2D eigenvalue weighted by molar-refractivity contribution is 0.590. The molecule has 0 fully saturated rings. The first-order valence-electron chi connectivity index (χ1n) is 5.55. The summed E-state index contributed by atoms with van der Waals surface area (Å²) in [5.41, 5.74) is 5.75. The van der Waals surface area contributed by atoms with E-state index in [1.165, 1.54) is 24.4 Å². The van der Waals surface area contributed by atoms with Crippen molar-refractivity contribution in [1.82, 2.24) is 4.98 Å². The SMILES string of the molecule is N#Cc1ncccc1CS(=O)(=O)c1cc(N)cc(F)c1. The van der Waals surface area contributed by atoms with E-state index in [9.17, 15) is 12.8 Å². The zero-order chi connectivity index (χ0) is 14.8. The standard InChI is InChI=1S/C13H10FN3O2S/c14-10-4-11(16)6-12(5-10)20(18,19)8-9-2-1-3-17-13(9)7-15/h1-6H,8,16H2. The number of nitrogens with two attached hydrogens (primary N) is 1. The number of benzene rings is 1. The van der Waals surface area contributed by atoms with Crippen LogP contribution >= 0.6 is 0 Å².